The second kappa shape index (κ2) is 8.59. The summed E-state index contributed by atoms with van der Waals surface area (Å²) in [6.07, 6.45) is 0. The van der Waals surface area contributed by atoms with E-state index < -0.39 is 5.97 Å². The molecule has 0 aliphatic heterocycles. The van der Waals surface area contributed by atoms with Gasteiger partial charge < -0.3 is 19.4 Å². The van der Waals surface area contributed by atoms with Crippen molar-refractivity contribution in [3.8, 4) is 11.8 Å². The Morgan fingerprint density at radius 2 is 1.86 bits per heavy atom. The van der Waals surface area contributed by atoms with Gasteiger partial charge >= 0.3 is 29.6 Å². The summed E-state index contributed by atoms with van der Waals surface area (Å²) in [5, 5.41) is 11.5. The van der Waals surface area contributed by atoms with Crippen LogP contribution in [0.25, 0.3) is 0 Å². The number of carboxylic acid groups (broad SMARTS) is 1. The number of benzene rings is 1. The van der Waals surface area contributed by atoms with Crippen LogP contribution in [0.3, 0.4) is 0 Å². The number of ether oxygens (including phenoxy) is 2. The Labute approximate surface area is 158 Å². The number of carbonyl (C=O) groups excluding carboxylic acids is 1. The zero-order chi connectivity index (χ0) is 15.4. The average molecular weight is 351 g/mol. The SMILES string of the molecule is COc1cc(OC)n[14c](Sc2cccc(Cl)c2C(=O)[O-])n1.[Na+]. The summed E-state index contributed by atoms with van der Waals surface area (Å²) < 4.78 is 10.1. The van der Waals surface area contributed by atoms with Crippen LogP contribution >= 0.6 is 23.4 Å². The third kappa shape index (κ3) is 4.50. The van der Waals surface area contributed by atoms with Gasteiger partial charge in [0.1, 0.15) is 0 Å². The number of carboxylic acids is 1. The van der Waals surface area contributed by atoms with E-state index in [1.165, 1.54) is 26.4 Å². The van der Waals surface area contributed by atoms with Crippen molar-refractivity contribution in [1.82, 2.24) is 9.97 Å². The fourth-order valence-electron chi connectivity index (χ4n) is 1.52. The summed E-state index contributed by atoms with van der Waals surface area (Å²) in [6, 6.07) is 6.22. The Balaban J connectivity index is 0.00000242. The number of aromatic carboxylic acids is 1. The smallest absolute Gasteiger partial charge is 0.545 e. The summed E-state index contributed by atoms with van der Waals surface area (Å²) in [4.78, 5) is 19.8. The molecule has 0 unspecified atom stereocenters. The quantitative estimate of drug-likeness (QED) is 0.488. The Hall–Kier alpha value is -0.990. The number of halogens is 1. The maximum Gasteiger partial charge on any atom is 1.00 e. The van der Waals surface area contributed by atoms with Crippen LogP contribution in [0.4, 0.5) is 0 Å². The minimum Gasteiger partial charge on any atom is -0.545 e. The van der Waals surface area contributed by atoms with Gasteiger partial charge in [0.05, 0.1) is 31.3 Å². The van der Waals surface area contributed by atoms with Crippen molar-refractivity contribution in [2.24, 2.45) is 0 Å². The normalized spacial score (nSPS) is 9.77. The van der Waals surface area contributed by atoms with Crippen LogP contribution in [0.15, 0.2) is 34.3 Å². The predicted octanol–water partition coefficient (Wildman–Crippen LogP) is -1.33. The first-order chi connectivity index (χ1) is 10.0. The molecule has 9 heteroatoms. The molecule has 1 heterocycles. The van der Waals surface area contributed by atoms with E-state index in [4.69, 9.17) is 21.1 Å². The summed E-state index contributed by atoms with van der Waals surface area (Å²) in [7, 11) is 2.92. The molecule has 0 atom stereocenters. The van der Waals surface area contributed by atoms with Crippen LogP contribution in [0.5, 0.6) is 11.8 Å². The molecule has 0 saturated heterocycles. The molecule has 0 spiro atoms. The third-order valence-corrected chi connectivity index (χ3v) is 3.70. The Bertz CT molecular complexity index is 665. The molecular weight excluding hydrogens is 341 g/mol. The number of nitrogens with zero attached hydrogens (tertiary/aromatic N) is 2. The first-order valence-electron chi connectivity index (χ1n) is 5.70. The van der Waals surface area contributed by atoms with Crippen LogP contribution < -0.4 is 44.1 Å². The van der Waals surface area contributed by atoms with Gasteiger partial charge in [0.15, 0.2) is 5.16 Å². The second-order valence-corrected chi connectivity index (χ2v) is 5.15. The van der Waals surface area contributed by atoms with E-state index in [1.807, 2.05) is 0 Å². The van der Waals surface area contributed by atoms with Gasteiger partial charge in [0.2, 0.25) is 11.8 Å². The zero-order valence-electron chi connectivity index (χ0n) is 12.1. The Kier molecular flexibility index (Phi) is 7.44. The summed E-state index contributed by atoms with van der Waals surface area (Å²) in [5.74, 6) is -0.749. The van der Waals surface area contributed by atoms with Crippen molar-refractivity contribution in [3.05, 3.63) is 34.9 Å². The van der Waals surface area contributed by atoms with E-state index in [1.54, 1.807) is 12.1 Å². The van der Waals surface area contributed by atoms with E-state index in [9.17, 15) is 9.90 Å². The molecule has 2 aromatic rings. The molecule has 110 valence electrons. The van der Waals surface area contributed by atoms with Crippen molar-refractivity contribution < 1.29 is 48.9 Å². The first kappa shape index (κ1) is 19.1. The van der Waals surface area contributed by atoms with Crippen molar-refractivity contribution in [1.29, 1.82) is 0 Å². The fourth-order valence-corrected chi connectivity index (χ4v) is 2.74. The number of hydrogen-bond acceptors (Lipinski definition) is 7. The third-order valence-electron chi connectivity index (χ3n) is 2.46. The van der Waals surface area contributed by atoms with E-state index >= 15 is 0 Å². The van der Waals surface area contributed by atoms with Crippen LogP contribution in [-0.4, -0.2) is 30.2 Å². The molecule has 0 aliphatic carbocycles. The molecule has 0 saturated carbocycles. The van der Waals surface area contributed by atoms with Crippen LogP contribution in [0.2, 0.25) is 5.02 Å². The van der Waals surface area contributed by atoms with Crippen LogP contribution in [0, 0.1) is 0 Å². The number of aromatic nitrogens is 2. The summed E-state index contributed by atoms with van der Waals surface area (Å²) in [6.45, 7) is 0. The molecule has 0 N–H and O–H groups in total. The minimum atomic E-state index is -1.36. The molecule has 1 aromatic heterocycles. The maximum absolute atomic E-state index is 11.2. The molecule has 6 nitrogen and oxygen atoms in total. The summed E-state index contributed by atoms with van der Waals surface area (Å²) >= 11 is 6.91. The summed E-state index contributed by atoms with van der Waals surface area (Å²) in [5.41, 5.74) is -0.102. The molecule has 0 radical (unpaired) electrons. The fraction of sp³-hybridized carbons (Fsp3) is 0.154. The van der Waals surface area contributed by atoms with Gasteiger partial charge in [-0.1, -0.05) is 17.7 Å². The van der Waals surface area contributed by atoms with Gasteiger partial charge in [-0.05, 0) is 23.9 Å². The molecule has 0 bridgehead atoms. The number of hydrogen-bond donors (Lipinski definition) is 0. The zero-order valence-corrected chi connectivity index (χ0v) is 15.7. The monoisotopic (exact) mass is 350 g/mol. The number of methoxy groups -OCH3 is 2. The van der Waals surface area contributed by atoms with Gasteiger partial charge in [-0.3, -0.25) is 0 Å². The molecule has 0 fully saturated rings. The van der Waals surface area contributed by atoms with Gasteiger partial charge in [-0.2, -0.15) is 9.97 Å². The minimum absolute atomic E-state index is 0. The average Bonchev–Trinajstić information content (AvgIpc) is 2.46. The standard InChI is InChI=1S/C13H11ClN2O4S.Na/c1-19-9-6-10(20-2)16-13(15-9)21-8-5-3-4-7(14)11(8)12(17)18;/h3-6H,1-2H3,(H,17,18);/q;+1/p-1/i13+2;. The van der Waals surface area contributed by atoms with E-state index in [0.29, 0.717) is 16.7 Å². The van der Waals surface area contributed by atoms with Crippen molar-refractivity contribution in [2.45, 2.75) is 10.1 Å². The van der Waals surface area contributed by atoms with E-state index in [0.717, 1.165) is 11.8 Å². The van der Waals surface area contributed by atoms with E-state index in [-0.39, 0.29) is 45.3 Å². The predicted molar refractivity (Wildman–Crippen MR) is 75.0 cm³/mol. The Morgan fingerprint density at radius 1 is 1.27 bits per heavy atom. The molecule has 0 amide bonds. The van der Waals surface area contributed by atoms with Crippen molar-refractivity contribution in [2.75, 3.05) is 14.2 Å². The van der Waals surface area contributed by atoms with Crippen molar-refractivity contribution >= 4 is 29.3 Å². The van der Waals surface area contributed by atoms with Crippen LogP contribution in [-0.2, 0) is 0 Å². The largest absolute Gasteiger partial charge is 1.00 e. The molecule has 22 heavy (non-hydrogen) atoms. The number of rotatable bonds is 5. The molecule has 2 rings (SSSR count). The van der Waals surface area contributed by atoms with Gasteiger partial charge in [-0.25, -0.2) is 0 Å². The molecule has 1 aromatic carbocycles. The van der Waals surface area contributed by atoms with Crippen LogP contribution in [0.1, 0.15) is 10.4 Å². The topological polar surface area (TPSA) is 84.4 Å². The van der Waals surface area contributed by atoms with Gasteiger partial charge in [-0.15, -0.1) is 0 Å². The number of carbonyl (C=O) groups is 1. The van der Waals surface area contributed by atoms with Gasteiger partial charge in [0, 0.05) is 10.5 Å². The maximum atomic E-state index is 11.2. The second-order valence-electron chi connectivity index (χ2n) is 3.74. The van der Waals surface area contributed by atoms with Crippen molar-refractivity contribution in [3.63, 3.8) is 0 Å². The molecular formula is C13H10ClN2NaO4S. The molecule has 0 aliphatic rings. The van der Waals surface area contributed by atoms with Gasteiger partial charge in [0.25, 0.3) is 0 Å². The first-order valence-corrected chi connectivity index (χ1v) is 6.89. The van der Waals surface area contributed by atoms with E-state index in [2.05, 4.69) is 9.97 Å². The Morgan fingerprint density at radius 3 is 2.36 bits per heavy atom.